The van der Waals surface area contributed by atoms with E-state index >= 15 is 0 Å². The highest BCUT2D eigenvalue weighted by atomic mass is 35.5. The van der Waals surface area contributed by atoms with Crippen molar-refractivity contribution in [1.82, 2.24) is 24.4 Å². The predicted octanol–water partition coefficient (Wildman–Crippen LogP) is 2.57. The maximum atomic E-state index is 13.4. The van der Waals surface area contributed by atoms with Crippen LogP contribution in [0.1, 0.15) is 47.7 Å². The van der Waals surface area contributed by atoms with Crippen LogP contribution in [0.25, 0.3) is 17.0 Å². The highest BCUT2D eigenvalue weighted by Crippen LogP contribution is 2.53. The van der Waals surface area contributed by atoms with E-state index in [1.54, 1.807) is 15.6 Å². The number of amides is 2. The first-order valence-electron chi connectivity index (χ1n) is 11.9. The van der Waals surface area contributed by atoms with Crippen molar-refractivity contribution in [2.45, 2.75) is 43.7 Å². The number of carbonyl (C=O) groups excluding carboxylic acids is 2. The molecule has 3 aromatic rings. The molecule has 4 heterocycles. The lowest BCUT2D eigenvalue weighted by Crippen LogP contribution is -2.57. The van der Waals surface area contributed by atoms with Gasteiger partial charge in [-0.3, -0.25) is 9.59 Å². The lowest BCUT2D eigenvalue weighted by molar-refractivity contribution is -0.140. The number of fused-ring (bicyclic) bond motifs is 2. The fourth-order valence-electron chi connectivity index (χ4n) is 5.81. The number of nitrogens with zero attached hydrogens (tertiary/aromatic N) is 5. The molecule has 3 saturated carbocycles. The van der Waals surface area contributed by atoms with E-state index in [1.165, 1.54) is 11.3 Å². The second-order valence-corrected chi connectivity index (χ2v) is 10.4. The monoisotopic (exact) mass is 481 g/mol. The molecule has 0 spiro atoms. The van der Waals surface area contributed by atoms with Gasteiger partial charge < -0.3 is 19.3 Å². The zero-order chi connectivity index (χ0) is 23.1. The molecule has 2 amide bonds. The molecule has 1 aliphatic heterocycles. The molecule has 34 heavy (non-hydrogen) atoms. The number of piperazine rings is 1. The Morgan fingerprint density at radius 3 is 2.74 bits per heavy atom. The molecular formula is C24H24ClN5O4. The second-order valence-electron chi connectivity index (χ2n) is 10.0. The van der Waals surface area contributed by atoms with Gasteiger partial charge in [-0.25, -0.2) is 9.50 Å². The van der Waals surface area contributed by atoms with Gasteiger partial charge in [-0.05, 0) is 61.1 Å². The number of halogens is 1. The van der Waals surface area contributed by atoms with E-state index in [2.05, 4.69) is 10.1 Å². The molecule has 4 atom stereocenters. The summed E-state index contributed by atoms with van der Waals surface area (Å²) in [4.78, 5) is 33.6. The number of aliphatic hydroxyl groups excluding tert-OH is 1. The van der Waals surface area contributed by atoms with Gasteiger partial charge in [0.25, 0.3) is 5.91 Å². The van der Waals surface area contributed by atoms with Crippen molar-refractivity contribution in [3.8, 4) is 11.5 Å². The summed E-state index contributed by atoms with van der Waals surface area (Å²) in [6, 6.07) is 3.87. The van der Waals surface area contributed by atoms with E-state index in [4.69, 9.17) is 16.0 Å². The van der Waals surface area contributed by atoms with E-state index in [0.717, 1.165) is 31.2 Å². The van der Waals surface area contributed by atoms with Crippen molar-refractivity contribution in [1.29, 1.82) is 0 Å². The smallest absolute Gasteiger partial charge is 0.276 e. The Kier molecular flexibility index (Phi) is 4.39. The molecule has 0 aromatic carbocycles. The zero-order valence-corrected chi connectivity index (χ0v) is 19.2. The number of aromatic nitrogens is 3. The van der Waals surface area contributed by atoms with Crippen LogP contribution in [0.15, 0.2) is 29.1 Å². The van der Waals surface area contributed by atoms with Crippen LogP contribution in [0.5, 0.6) is 0 Å². The Bertz CT molecular complexity index is 1320. The molecule has 9 nitrogen and oxygen atoms in total. The average molecular weight is 482 g/mol. The largest absolute Gasteiger partial charge is 0.442 e. The summed E-state index contributed by atoms with van der Waals surface area (Å²) in [6.07, 6.45) is 6.69. The minimum atomic E-state index is -0.445. The van der Waals surface area contributed by atoms with Crippen LogP contribution in [0.3, 0.4) is 0 Å². The molecule has 10 heteroatoms. The summed E-state index contributed by atoms with van der Waals surface area (Å²) in [7, 11) is 0. The number of hydrogen-bond donors (Lipinski definition) is 1. The van der Waals surface area contributed by atoms with Gasteiger partial charge in [-0.15, -0.1) is 0 Å². The fraction of sp³-hybridized carbons (Fsp3) is 0.500. The van der Waals surface area contributed by atoms with Crippen LogP contribution in [-0.2, 0) is 4.79 Å². The number of rotatable bonds is 4. The summed E-state index contributed by atoms with van der Waals surface area (Å²) in [5.41, 5.74) is 2.59. The molecule has 176 valence electrons. The molecule has 3 aliphatic carbocycles. The standard InChI is InChI=1S/C24H24ClN5O4/c25-21-17-7-13(12-1-2-12)6-16(19-9-26-11-34-19)30(17)27-22(21)24(33)28-3-4-29(20(31)10-28)18-8-14-5-15(14)23(18)32/h6-7,9,11-12,14-15,18,23,32H,1-5,8,10H2. The molecule has 4 fully saturated rings. The van der Waals surface area contributed by atoms with Crippen molar-refractivity contribution < 1.29 is 19.1 Å². The molecule has 3 aromatic heterocycles. The van der Waals surface area contributed by atoms with Gasteiger partial charge in [0.15, 0.2) is 17.8 Å². The number of pyridine rings is 1. The lowest BCUT2D eigenvalue weighted by atomic mass is 10.1. The van der Waals surface area contributed by atoms with Crippen LogP contribution < -0.4 is 0 Å². The topological polar surface area (TPSA) is 104 Å². The van der Waals surface area contributed by atoms with Crippen LogP contribution in [0.4, 0.5) is 0 Å². The van der Waals surface area contributed by atoms with Gasteiger partial charge >= 0.3 is 0 Å². The number of hydrogen-bond acceptors (Lipinski definition) is 6. The van der Waals surface area contributed by atoms with Crippen LogP contribution in [-0.4, -0.2) is 73.1 Å². The normalized spacial score (nSPS) is 28.6. The van der Waals surface area contributed by atoms with Gasteiger partial charge in [0, 0.05) is 13.1 Å². The Morgan fingerprint density at radius 1 is 1.21 bits per heavy atom. The summed E-state index contributed by atoms with van der Waals surface area (Å²) in [5.74, 6) is 1.40. The van der Waals surface area contributed by atoms with E-state index in [0.29, 0.717) is 47.8 Å². The van der Waals surface area contributed by atoms with E-state index in [9.17, 15) is 14.7 Å². The number of oxazole rings is 1. The Hall–Kier alpha value is -2.91. The summed E-state index contributed by atoms with van der Waals surface area (Å²) in [5, 5.41) is 15.3. The highest BCUT2D eigenvalue weighted by Gasteiger charge is 2.55. The van der Waals surface area contributed by atoms with Crippen LogP contribution in [0, 0.1) is 11.8 Å². The maximum Gasteiger partial charge on any atom is 0.276 e. The first kappa shape index (κ1) is 20.5. The Morgan fingerprint density at radius 2 is 2.06 bits per heavy atom. The van der Waals surface area contributed by atoms with E-state index < -0.39 is 6.10 Å². The van der Waals surface area contributed by atoms with Crippen molar-refractivity contribution in [3.63, 3.8) is 0 Å². The lowest BCUT2D eigenvalue weighted by Gasteiger charge is -2.39. The zero-order valence-electron chi connectivity index (χ0n) is 18.4. The minimum Gasteiger partial charge on any atom is -0.442 e. The third-order valence-electron chi connectivity index (χ3n) is 7.93. The molecule has 1 N–H and O–H groups in total. The summed E-state index contributed by atoms with van der Waals surface area (Å²) >= 11 is 6.70. The molecule has 4 unspecified atom stereocenters. The highest BCUT2D eigenvalue weighted by molar-refractivity contribution is 6.37. The van der Waals surface area contributed by atoms with Gasteiger partial charge in [0.2, 0.25) is 5.91 Å². The maximum absolute atomic E-state index is 13.4. The van der Waals surface area contributed by atoms with E-state index in [1.807, 2.05) is 12.1 Å². The number of aliphatic hydroxyl groups is 1. The van der Waals surface area contributed by atoms with Crippen molar-refractivity contribution in [3.05, 3.63) is 41.0 Å². The Balaban J connectivity index is 1.18. The van der Waals surface area contributed by atoms with Crippen LogP contribution >= 0.6 is 11.6 Å². The van der Waals surface area contributed by atoms with Crippen LogP contribution in [0.2, 0.25) is 5.02 Å². The van der Waals surface area contributed by atoms with Gasteiger partial charge in [-0.1, -0.05) is 11.6 Å². The van der Waals surface area contributed by atoms with Gasteiger partial charge in [-0.2, -0.15) is 5.10 Å². The van der Waals surface area contributed by atoms with Gasteiger partial charge in [0.05, 0.1) is 28.9 Å². The summed E-state index contributed by atoms with van der Waals surface area (Å²) < 4.78 is 7.15. The van der Waals surface area contributed by atoms with Crippen molar-refractivity contribution in [2.24, 2.45) is 11.8 Å². The predicted molar refractivity (Wildman–Crippen MR) is 121 cm³/mol. The molecule has 0 radical (unpaired) electrons. The Labute approximate surface area is 200 Å². The SMILES string of the molecule is O=C(c1nn2c(-c3cnco3)cc(C3CC3)cc2c1Cl)N1CCN(C2CC3CC3C2O)C(=O)C1. The fourth-order valence-corrected chi connectivity index (χ4v) is 6.07. The number of carbonyl (C=O) groups is 2. The third-order valence-corrected chi connectivity index (χ3v) is 8.30. The average Bonchev–Trinajstić information content (AvgIpc) is 3.71. The first-order chi connectivity index (χ1) is 16.5. The first-order valence-corrected chi connectivity index (χ1v) is 12.2. The molecular weight excluding hydrogens is 458 g/mol. The van der Waals surface area contributed by atoms with Gasteiger partial charge in [0.1, 0.15) is 12.2 Å². The third kappa shape index (κ3) is 3.10. The second kappa shape index (κ2) is 7.29. The van der Waals surface area contributed by atoms with Crippen molar-refractivity contribution in [2.75, 3.05) is 19.6 Å². The minimum absolute atomic E-state index is 0.0378. The van der Waals surface area contributed by atoms with Crippen molar-refractivity contribution >= 4 is 28.9 Å². The molecule has 0 bridgehead atoms. The molecule has 7 rings (SSSR count). The summed E-state index contributed by atoms with van der Waals surface area (Å²) in [6.45, 7) is 0.755. The van der Waals surface area contributed by atoms with E-state index in [-0.39, 0.29) is 35.1 Å². The quantitative estimate of drug-likeness (QED) is 0.614. The molecule has 4 aliphatic rings. The molecule has 1 saturated heterocycles.